The summed E-state index contributed by atoms with van der Waals surface area (Å²) in [6.07, 6.45) is 48.6. The summed E-state index contributed by atoms with van der Waals surface area (Å²) < 4.78 is 20.3. The summed E-state index contributed by atoms with van der Waals surface area (Å²) >= 11 is 0. The zero-order valence-corrected chi connectivity index (χ0v) is 47.6. The lowest BCUT2D eigenvalue weighted by Gasteiger charge is -2.16. The van der Waals surface area contributed by atoms with E-state index in [1.807, 2.05) is 67.3 Å². The van der Waals surface area contributed by atoms with Gasteiger partial charge in [-0.2, -0.15) is 0 Å². The van der Waals surface area contributed by atoms with Gasteiger partial charge < -0.3 is 22.5 Å². The predicted octanol–water partition coefficient (Wildman–Crippen LogP) is 17.4. The van der Waals surface area contributed by atoms with Gasteiger partial charge in [-0.05, 0) is 179 Å². The molecule has 0 N–H and O–H groups in total. The molecule has 0 saturated carbocycles. The number of allylic oxidation sites excluding steroid dienone is 17. The van der Waals surface area contributed by atoms with Crippen molar-refractivity contribution in [1.29, 1.82) is 0 Å². The molecule has 1 unspecified atom stereocenters. The number of nitrogens with zero attached hydrogens (tertiary/aromatic N) is 8. The molecular weight excluding hydrogens is 1020 g/mol. The van der Waals surface area contributed by atoms with E-state index in [0.29, 0.717) is 11.7 Å². The topological polar surface area (TPSA) is 105 Å². The van der Waals surface area contributed by atoms with Crippen molar-refractivity contribution in [2.75, 3.05) is 6.54 Å². The number of aromatic nitrogens is 7. The number of hydrogen-bond acceptors (Lipinski definition) is 7. The molecule has 0 bridgehead atoms. The number of benzene rings is 1. The maximum atomic E-state index is 7.54. The van der Waals surface area contributed by atoms with Crippen LogP contribution in [0, 0.1) is 20.8 Å². The summed E-state index contributed by atoms with van der Waals surface area (Å²) in [6.45, 7) is 20.1. The van der Waals surface area contributed by atoms with Crippen LogP contribution < -0.4 is 0 Å². The van der Waals surface area contributed by atoms with Gasteiger partial charge >= 0.3 is 0 Å². The summed E-state index contributed by atoms with van der Waals surface area (Å²) in [4.78, 5) is 23.8. The summed E-state index contributed by atoms with van der Waals surface area (Å²) in [5, 5.41) is 2.19. The Balaban J connectivity index is 1.04. The van der Waals surface area contributed by atoms with Crippen LogP contribution in [0.1, 0.15) is 120 Å². The molecule has 1 atom stereocenters. The van der Waals surface area contributed by atoms with Gasteiger partial charge in [-0.1, -0.05) is 49.9 Å². The number of pyridine rings is 2. The molecule has 4 aliphatic carbocycles. The Morgan fingerprint density at radius 2 is 1.61 bits per heavy atom. The Kier molecular flexibility index (Phi) is 13.6. The average Bonchev–Trinajstić information content (AvgIpc) is 3.88. The maximum Gasteiger partial charge on any atom is 0.225 e. The minimum Gasteiger partial charge on any atom is -0.458 e. The number of hydrogen-bond donors (Lipinski definition) is 0. The first kappa shape index (κ1) is 52.1. The van der Waals surface area contributed by atoms with Crippen LogP contribution >= 0.6 is 0 Å². The van der Waals surface area contributed by atoms with E-state index in [4.69, 9.17) is 18.8 Å². The number of fused-ring (bicyclic) bond motifs is 5. The number of furan rings is 1. The second kappa shape index (κ2) is 21.6. The summed E-state index contributed by atoms with van der Waals surface area (Å²) in [6, 6.07) is 12.6. The third-order valence-corrected chi connectivity index (χ3v) is 16.2. The molecule has 7 aromatic heterocycles. The monoisotopic (exact) mass is 1080 g/mol. The highest BCUT2D eigenvalue weighted by Gasteiger charge is 2.30. The van der Waals surface area contributed by atoms with Crippen LogP contribution in [0.5, 0.6) is 0 Å². The minimum atomic E-state index is -0.229. The fourth-order valence-corrected chi connectivity index (χ4v) is 12.0. The van der Waals surface area contributed by atoms with E-state index < -0.39 is 0 Å². The minimum absolute atomic E-state index is 0.214. The Morgan fingerprint density at radius 1 is 0.831 bits per heavy atom. The number of rotatable bonds is 13. The van der Waals surface area contributed by atoms with E-state index in [9.17, 15) is 0 Å². The third kappa shape index (κ3) is 9.38. The number of oxazole rings is 1. The van der Waals surface area contributed by atoms with Crippen molar-refractivity contribution in [2.24, 2.45) is 4.99 Å². The van der Waals surface area contributed by atoms with E-state index in [0.717, 1.165) is 159 Å². The number of aliphatic imine (C=N–C) groups is 1. The normalized spacial score (nSPS) is 16.1. The molecule has 83 heavy (non-hydrogen) atoms. The summed E-state index contributed by atoms with van der Waals surface area (Å²) in [5.41, 5.74) is 35.0. The maximum absolute atomic E-state index is 7.54. The van der Waals surface area contributed by atoms with Crippen molar-refractivity contribution in [3.8, 4) is 11.5 Å². The Hall–Kier alpha value is -10.3. The smallest absolute Gasteiger partial charge is 0.225 e. The zero-order valence-electron chi connectivity index (χ0n) is 47.6. The van der Waals surface area contributed by atoms with Crippen LogP contribution in [-0.4, -0.2) is 45.9 Å². The van der Waals surface area contributed by atoms with Gasteiger partial charge in [0.05, 0.1) is 46.6 Å². The molecule has 0 fully saturated rings. The fourth-order valence-electron chi connectivity index (χ4n) is 12.0. The first-order valence-corrected chi connectivity index (χ1v) is 28.3. The van der Waals surface area contributed by atoms with Gasteiger partial charge in [0.1, 0.15) is 17.8 Å². The zero-order chi connectivity index (χ0) is 56.9. The van der Waals surface area contributed by atoms with Crippen molar-refractivity contribution in [1.82, 2.24) is 33.6 Å². The van der Waals surface area contributed by atoms with Gasteiger partial charge in [-0.15, -0.1) is 22.9 Å². The van der Waals surface area contributed by atoms with Crippen LogP contribution in [0.15, 0.2) is 212 Å². The molecule has 0 amide bonds. The van der Waals surface area contributed by atoms with E-state index in [2.05, 4.69) is 204 Å². The number of aryl methyl sites for hydroxylation is 1. The molecule has 1 aromatic carbocycles. The lowest BCUT2D eigenvalue weighted by Crippen LogP contribution is -2.08. The van der Waals surface area contributed by atoms with Crippen molar-refractivity contribution in [2.45, 2.75) is 73.3 Å². The van der Waals surface area contributed by atoms with Crippen molar-refractivity contribution >= 4 is 80.4 Å². The van der Waals surface area contributed by atoms with Gasteiger partial charge in [0.15, 0.2) is 5.76 Å². The van der Waals surface area contributed by atoms with E-state index >= 15 is 0 Å². The van der Waals surface area contributed by atoms with Crippen LogP contribution in [-0.2, 0) is 0 Å². The molecular formula is C73H60N8O2. The Morgan fingerprint density at radius 3 is 2.37 bits per heavy atom. The molecule has 0 spiro atoms. The Bertz CT molecular complexity index is 4610. The average molecular weight is 1080 g/mol. The molecule has 10 heteroatoms. The molecule has 0 saturated heterocycles. The molecule has 10 nitrogen and oxygen atoms in total. The predicted molar refractivity (Wildman–Crippen MR) is 339 cm³/mol. The van der Waals surface area contributed by atoms with Crippen molar-refractivity contribution in [3.05, 3.63) is 266 Å². The van der Waals surface area contributed by atoms with Crippen LogP contribution in [0.3, 0.4) is 0 Å². The highest BCUT2D eigenvalue weighted by molar-refractivity contribution is 6.10. The standard InChI is InChI=1S/C73H60N8O2/c1-9-10-26-66-48(6)62-41-52(21-16-27-67(62)81(66)58-24-14-13-20-56(40-58)72-78-49(7)50(8)79(72)45(2)3)53-28-29-59(54-22-15-23-57(39-54)73-77-35-36-82-73)71-64(42-53)63(37-46(4)80-68-43-74-33-30-60(68)61-31-34-75-44-69(61)80)70(83-71)47(5)51-18-11-12-19-55(38-51)65-25-17-32-76-65/h9-12,14-15,18,20-24,26-28,30-31,33-45,47H,1,17,25,32H2,2-8H3/b26-10-,46-37+. The highest BCUT2D eigenvalue weighted by atomic mass is 16.3. The van der Waals surface area contributed by atoms with Gasteiger partial charge in [-0.3, -0.25) is 15.0 Å². The van der Waals surface area contributed by atoms with Gasteiger partial charge in [0.2, 0.25) is 5.89 Å². The lowest BCUT2D eigenvalue weighted by molar-refractivity contribution is 0.484. The largest absolute Gasteiger partial charge is 0.458 e. The second-order valence-corrected chi connectivity index (χ2v) is 21.6. The van der Waals surface area contributed by atoms with Gasteiger partial charge in [0.25, 0.3) is 0 Å². The Labute approximate surface area is 483 Å². The summed E-state index contributed by atoms with van der Waals surface area (Å²) in [5.74, 6) is 2.68. The quantitative estimate of drug-likeness (QED) is 0.0841. The van der Waals surface area contributed by atoms with Crippen LogP contribution in [0.25, 0.3) is 86.2 Å². The van der Waals surface area contributed by atoms with E-state index in [-0.39, 0.29) is 12.0 Å². The first-order valence-electron chi connectivity index (χ1n) is 28.3. The first-order chi connectivity index (χ1) is 40.5. The van der Waals surface area contributed by atoms with Crippen LogP contribution in [0.2, 0.25) is 0 Å². The molecule has 8 aromatic rings. The summed E-state index contributed by atoms with van der Waals surface area (Å²) in [7, 11) is 0. The third-order valence-electron chi connectivity index (χ3n) is 16.2. The van der Waals surface area contributed by atoms with Crippen LogP contribution in [0.4, 0.5) is 0 Å². The highest BCUT2D eigenvalue weighted by Crippen LogP contribution is 2.45. The molecule has 5 aliphatic rings. The second-order valence-electron chi connectivity index (χ2n) is 21.6. The molecule has 8 heterocycles. The SMILES string of the molecule is C=C/C=C\c1c(C)c2c(n1C1=CC=C=CC(c3nc(C)c(C)n3C(C)C)=C1)C=C=CC(C1=Cc3c(oc(C(C)C4=CC(C5=NCCC5)=C=CC=C4)c3/C=C(\C)n3c4cnccc4c4ccncc43)C(c3cccc(-c4ncco4)c3)=C=C1)=C2. The van der Waals surface area contributed by atoms with Gasteiger partial charge in [-0.25, -0.2) is 9.97 Å². The lowest BCUT2D eigenvalue weighted by atomic mass is 9.90. The van der Waals surface area contributed by atoms with Gasteiger partial charge in [0, 0.05) is 110 Å². The van der Waals surface area contributed by atoms with Crippen molar-refractivity contribution in [3.63, 3.8) is 0 Å². The molecule has 404 valence electrons. The molecule has 1 aliphatic heterocycles. The van der Waals surface area contributed by atoms with E-state index in [1.54, 1.807) is 12.5 Å². The number of imidazole rings is 1. The molecule has 13 rings (SSSR count). The van der Waals surface area contributed by atoms with Crippen molar-refractivity contribution < 1.29 is 8.83 Å². The van der Waals surface area contributed by atoms with E-state index in [1.165, 1.54) is 0 Å². The fraction of sp³-hybridized carbons (Fsp3) is 0.164. The molecule has 0 radical (unpaired) electrons.